The van der Waals surface area contributed by atoms with Crippen LogP contribution in [0.25, 0.3) is 0 Å². The smallest absolute Gasteiger partial charge is 0.338 e. The van der Waals surface area contributed by atoms with Gasteiger partial charge in [0.25, 0.3) is 0 Å². The molecule has 1 aromatic rings. The van der Waals surface area contributed by atoms with E-state index >= 15 is 0 Å². The normalized spacial score (nSPS) is 39.0. The van der Waals surface area contributed by atoms with Gasteiger partial charge in [0, 0.05) is 12.5 Å². The molecular formula is C33H49NO3. The molecule has 0 amide bonds. The maximum Gasteiger partial charge on any atom is 0.338 e. The number of ether oxygens (including phenoxy) is 1. The van der Waals surface area contributed by atoms with E-state index in [1.54, 1.807) is 0 Å². The van der Waals surface area contributed by atoms with Crippen molar-refractivity contribution in [3.8, 4) is 0 Å². The molecule has 0 aliphatic heterocycles. The molecule has 0 saturated heterocycles. The van der Waals surface area contributed by atoms with Crippen molar-refractivity contribution in [3.05, 3.63) is 35.4 Å². The maximum absolute atomic E-state index is 13.1. The molecule has 0 heterocycles. The summed E-state index contributed by atoms with van der Waals surface area (Å²) in [7, 11) is 0. The molecule has 4 aliphatic carbocycles. The molecule has 0 spiro atoms. The summed E-state index contributed by atoms with van der Waals surface area (Å²) in [5.74, 6) is 3.45. The van der Waals surface area contributed by atoms with E-state index in [1.165, 1.54) is 44.1 Å². The summed E-state index contributed by atoms with van der Waals surface area (Å²) < 4.78 is 6.16. The fourth-order valence-electron chi connectivity index (χ4n) is 9.72. The second-order valence-corrected chi connectivity index (χ2v) is 13.4. The number of Topliss-reactive ketones (excluding diaryl/α,β-unsaturated/α-hetero) is 1. The third-order valence-corrected chi connectivity index (χ3v) is 11.8. The summed E-state index contributed by atoms with van der Waals surface area (Å²) in [5, 5.41) is 0. The number of hydrogen-bond donors (Lipinski definition) is 0. The van der Waals surface area contributed by atoms with Crippen LogP contribution in [0.4, 0.5) is 0 Å². The van der Waals surface area contributed by atoms with Gasteiger partial charge in [-0.25, -0.2) is 4.79 Å². The number of fused-ring (bicyclic) bond motifs is 5. The standard InChI is InChI=1S/C33H49NO3/c1-6-34(7-2)21-23-9-8-10-24(19-23)31(36)37-26-15-17-32(4)25(20-26)11-12-27-29-14-13-28(22(3)35)33(29,5)18-16-30(27)32/h8-10,19,25-30H,6-7,11-18,20-21H2,1-5H3/t25?,26?,27-,28+,29-,30-,32-,33+/m0/s1. The van der Waals surface area contributed by atoms with Crippen LogP contribution in [0.15, 0.2) is 24.3 Å². The van der Waals surface area contributed by atoms with Gasteiger partial charge in [-0.3, -0.25) is 9.69 Å². The first-order chi connectivity index (χ1) is 17.7. The molecule has 0 bridgehead atoms. The Morgan fingerprint density at radius 3 is 2.41 bits per heavy atom. The largest absolute Gasteiger partial charge is 0.459 e. The number of hydrogen-bond acceptors (Lipinski definition) is 4. The lowest BCUT2D eigenvalue weighted by Gasteiger charge is -2.61. The van der Waals surface area contributed by atoms with Crippen molar-refractivity contribution < 1.29 is 14.3 Å². The SMILES string of the molecule is CCN(CC)Cc1cccc(C(=O)OC2CC[C@@]3(C)C(CC[C@H]4[C@@H]5CC[C@H](C(C)=O)[C@@]5(C)CC[C@@H]43)C2)c1. The van der Waals surface area contributed by atoms with Gasteiger partial charge in [-0.05, 0) is 130 Å². The molecule has 4 saturated carbocycles. The topological polar surface area (TPSA) is 46.6 Å². The highest BCUT2D eigenvalue weighted by atomic mass is 16.5. The Balaban J connectivity index is 1.23. The molecule has 0 radical (unpaired) electrons. The minimum absolute atomic E-state index is 0.0380. The van der Waals surface area contributed by atoms with E-state index in [2.05, 4.69) is 38.7 Å². The van der Waals surface area contributed by atoms with Crippen LogP contribution < -0.4 is 0 Å². The summed E-state index contributed by atoms with van der Waals surface area (Å²) in [6.07, 6.45) is 10.6. The highest BCUT2D eigenvalue weighted by molar-refractivity contribution is 5.89. The van der Waals surface area contributed by atoms with Gasteiger partial charge in [0.15, 0.2) is 0 Å². The fourth-order valence-corrected chi connectivity index (χ4v) is 9.72. The zero-order chi connectivity index (χ0) is 26.4. The van der Waals surface area contributed by atoms with E-state index in [-0.39, 0.29) is 23.4 Å². The minimum atomic E-state index is -0.154. The van der Waals surface area contributed by atoms with Crippen molar-refractivity contribution in [3.63, 3.8) is 0 Å². The predicted molar refractivity (Wildman–Crippen MR) is 148 cm³/mol. The monoisotopic (exact) mass is 507 g/mol. The van der Waals surface area contributed by atoms with E-state index in [0.29, 0.717) is 22.7 Å². The van der Waals surface area contributed by atoms with Crippen molar-refractivity contribution in [2.45, 2.75) is 105 Å². The van der Waals surface area contributed by atoms with E-state index in [0.717, 1.165) is 56.7 Å². The lowest BCUT2D eigenvalue weighted by molar-refractivity contribution is -0.138. The Morgan fingerprint density at radius 1 is 0.946 bits per heavy atom. The van der Waals surface area contributed by atoms with E-state index in [1.807, 2.05) is 25.1 Å². The van der Waals surface area contributed by atoms with Gasteiger partial charge < -0.3 is 4.74 Å². The van der Waals surface area contributed by atoms with Crippen LogP contribution >= 0.6 is 0 Å². The Morgan fingerprint density at radius 2 is 1.68 bits per heavy atom. The summed E-state index contributed by atoms with van der Waals surface area (Å²) in [4.78, 5) is 27.9. The van der Waals surface area contributed by atoms with Crippen LogP contribution in [0.2, 0.25) is 0 Å². The lowest BCUT2D eigenvalue weighted by Crippen LogP contribution is -2.54. The Bertz CT molecular complexity index is 1000. The minimum Gasteiger partial charge on any atom is -0.459 e. The highest BCUT2D eigenvalue weighted by Crippen LogP contribution is 2.67. The van der Waals surface area contributed by atoms with Crippen molar-refractivity contribution in [1.82, 2.24) is 4.90 Å². The second kappa shape index (κ2) is 10.5. The van der Waals surface area contributed by atoms with Crippen LogP contribution in [-0.4, -0.2) is 35.8 Å². The average Bonchev–Trinajstić information content (AvgIpc) is 3.25. The predicted octanol–water partition coefficient (Wildman–Crippen LogP) is 7.30. The summed E-state index contributed by atoms with van der Waals surface area (Å²) in [6, 6.07) is 8.03. The van der Waals surface area contributed by atoms with Crippen LogP contribution in [-0.2, 0) is 16.1 Å². The third kappa shape index (κ3) is 4.81. The maximum atomic E-state index is 13.1. The molecule has 4 nitrogen and oxygen atoms in total. The molecular weight excluding hydrogens is 458 g/mol. The quantitative estimate of drug-likeness (QED) is 0.363. The Labute approximate surface area is 224 Å². The summed E-state index contributed by atoms with van der Waals surface area (Å²) in [6.45, 7) is 14.1. The molecule has 5 rings (SSSR count). The van der Waals surface area contributed by atoms with Gasteiger partial charge >= 0.3 is 5.97 Å². The van der Waals surface area contributed by atoms with Gasteiger partial charge in [-0.15, -0.1) is 0 Å². The number of rotatable bonds is 7. The molecule has 1 aromatic carbocycles. The summed E-state index contributed by atoms with van der Waals surface area (Å²) in [5.41, 5.74) is 2.44. The molecule has 37 heavy (non-hydrogen) atoms. The molecule has 4 fully saturated rings. The van der Waals surface area contributed by atoms with Gasteiger partial charge in [-0.1, -0.05) is 39.8 Å². The molecule has 0 N–H and O–H groups in total. The van der Waals surface area contributed by atoms with Crippen LogP contribution in [0.5, 0.6) is 0 Å². The second-order valence-electron chi connectivity index (χ2n) is 13.4. The Hall–Kier alpha value is -1.68. The Kier molecular flexibility index (Phi) is 7.62. The molecule has 8 atom stereocenters. The van der Waals surface area contributed by atoms with Gasteiger partial charge in [0.2, 0.25) is 0 Å². The average molecular weight is 508 g/mol. The number of esters is 1. The van der Waals surface area contributed by atoms with Crippen LogP contribution in [0, 0.1) is 40.4 Å². The molecule has 4 aliphatic rings. The van der Waals surface area contributed by atoms with Crippen molar-refractivity contribution >= 4 is 11.8 Å². The highest BCUT2D eigenvalue weighted by Gasteiger charge is 2.60. The van der Waals surface area contributed by atoms with Crippen LogP contribution in [0.1, 0.15) is 108 Å². The zero-order valence-electron chi connectivity index (χ0n) is 23.9. The van der Waals surface area contributed by atoms with E-state index < -0.39 is 0 Å². The number of carbonyl (C=O) groups excluding carboxylic acids is 2. The molecule has 0 aromatic heterocycles. The fraction of sp³-hybridized carbons (Fsp3) is 0.758. The first kappa shape index (κ1) is 26.9. The number of carbonyl (C=O) groups is 2. The van der Waals surface area contributed by atoms with Crippen molar-refractivity contribution in [2.24, 2.45) is 40.4 Å². The van der Waals surface area contributed by atoms with Gasteiger partial charge in [-0.2, -0.15) is 0 Å². The number of ketones is 1. The first-order valence-electron chi connectivity index (χ1n) is 15.2. The summed E-state index contributed by atoms with van der Waals surface area (Å²) >= 11 is 0. The van der Waals surface area contributed by atoms with E-state index in [9.17, 15) is 9.59 Å². The molecule has 2 unspecified atom stereocenters. The van der Waals surface area contributed by atoms with Crippen molar-refractivity contribution in [2.75, 3.05) is 13.1 Å². The lowest BCUT2D eigenvalue weighted by atomic mass is 9.44. The van der Waals surface area contributed by atoms with Crippen LogP contribution in [0.3, 0.4) is 0 Å². The first-order valence-corrected chi connectivity index (χ1v) is 15.2. The van der Waals surface area contributed by atoms with Crippen molar-refractivity contribution in [1.29, 1.82) is 0 Å². The van der Waals surface area contributed by atoms with Gasteiger partial charge in [0.1, 0.15) is 11.9 Å². The number of nitrogens with zero attached hydrogens (tertiary/aromatic N) is 1. The zero-order valence-corrected chi connectivity index (χ0v) is 23.9. The molecule has 4 heteroatoms. The van der Waals surface area contributed by atoms with E-state index in [4.69, 9.17) is 4.74 Å². The molecule has 204 valence electrons. The third-order valence-electron chi connectivity index (χ3n) is 11.8. The van der Waals surface area contributed by atoms with Gasteiger partial charge in [0.05, 0.1) is 5.56 Å². The number of benzene rings is 1.